The van der Waals surface area contributed by atoms with Crippen LogP contribution in [-0.2, 0) is 23.5 Å². The van der Waals surface area contributed by atoms with Crippen molar-refractivity contribution in [1.29, 1.82) is 0 Å². The molecule has 0 saturated carbocycles. The van der Waals surface area contributed by atoms with Gasteiger partial charge in [-0.15, -0.1) is 0 Å². The smallest absolute Gasteiger partial charge is 0.416 e. The van der Waals surface area contributed by atoms with Crippen LogP contribution in [0.25, 0.3) is 10.9 Å². The Bertz CT molecular complexity index is 1240. The SMILES string of the molecule is CC=COC(C)(C)Cc1cn(C(=O)Nc2cc(C(F)(F)F)cc(C(F)(F)F)c2)c2c(C)cccc12. The van der Waals surface area contributed by atoms with Crippen LogP contribution in [0.5, 0.6) is 0 Å². The Morgan fingerprint density at radius 3 is 2.17 bits per heavy atom. The number of aryl methyl sites for hydroxylation is 1. The summed E-state index contributed by atoms with van der Waals surface area (Å²) in [4.78, 5) is 13.1. The number of para-hydroxylation sites is 1. The first-order valence-corrected chi connectivity index (χ1v) is 10.6. The maximum Gasteiger partial charge on any atom is 0.416 e. The minimum absolute atomic E-state index is 0.00972. The van der Waals surface area contributed by atoms with E-state index in [2.05, 4.69) is 5.32 Å². The molecule has 35 heavy (non-hydrogen) atoms. The second-order valence-corrected chi connectivity index (χ2v) is 8.74. The fourth-order valence-electron chi connectivity index (χ4n) is 3.79. The fraction of sp³-hybridized carbons (Fsp3) is 0.320. The second kappa shape index (κ2) is 9.31. The first kappa shape index (κ1) is 26.2. The summed E-state index contributed by atoms with van der Waals surface area (Å²) in [5.74, 6) is 0. The zero-order valence-electron chi connectivity index (χ0n) is 19.4. The van der Waals surface area contributed by atoms with Gasteiger partial charge in [-0.1, -0.05) is 24.3 Å². The third-order valence-corrected chi connectivity index (χ3v) is 5.31. The van der Waals surface area contributed by atoms with E-state index < -0.39 is 40.8 Å². The summed E-state index contributed by atoms with van der Waals surface area (Å²) < 4.78 is 86.1. The van der Waals surface area contributed by atoms with E-state index in [0.29, 0.717) is 29.6 Å². The van der Waals surface area contributed by atoms with Gasteiger partial charge in [0.15, 0.2) is 0 Å². The molecule has 1 aromatic heterocycles. The number of nitrogens with zero attached hydrogens (tertiary/aromatic N) is 1. The van der Waals surface area contributed by atoms with Gasteiger partial charge in [-0.05, 0) is 57.0 Å². The summed E-state index contributed by atoms with van der Waals surface area (Å²) in [7, 11) is 0. The molecule has 0 aliphatic heterocycles. The average Bonchev–Trinajstić information content (AvgIpc) is 3.10. The fourth-order valence-corrected chi connectivity index (χ4v) is 3.79. The number of ether oxygens (including phenoxy) is 1. The number of carbonyl (C=O) groups is 1. The van der Waals surface area contributed by atoms with Crippen LogP contribution in [0.3, 0.4) is 0 Å². The first-order chi connectivity index (χ1) is 16.1. The van der Waals surface area contributed by atoms with Gasteiger partial charge in [-0.3, -0.25) is 4.57 Å². The van der Waals surface area contributed by atoms with Crippen molar-refractivity contribution in [1.82, 2.24) is 4.57 Å². The highest BCUT2D eigenvalue weighted by Gasteiger charge is 2.37. The largest absolute Gasteiger partial charge is 0.495 e. The normalized spacial score (nSPS) is 13.0. The molecule has 4 nitrogen and oxygen atoms in total. The van der Waals surface area contributed by atoms with E-state index in [1.54, 1.807) is 44.4 Å². The van der Waals surface area contributed by atoms with Crippen molar-refractivity contribution in [3.8, 4) is 0 Å². The Morgan fingerprint density at radius 2 is 1.63 bits per heavy atom. The highest BCUT2D eigenvalue weighted by molar-refractivity contribution is 6.01. The molecule has 0 aliphatic rings. The molecule has 0 radical (unpaired) electrons. The van der Waals surface area contributed by atoms with E-state index in [4.69, 9.17) is 4.74 Å². The summed E-state index contributed by atoms with van der Waals surface area (Å²) >= 11 is 0. The lowest BCUT2D eigenvalue weighted by Crippen LogP contribution is -2.25. The summed E-state index contributed by atoms with van der Waals surface area (Å²) in [5.41, 5.74) is -2.37. The van der Waals surface area contributed by atoms with Crippen LogP contribution in [-0.4, -0.2) is 16.2 Å². The van der Waals surface area contributed by atoms with E-state index in [9.17, 15) is 31.1 Å². The molecule has 3 rings (SSSR count). The number of anilines is 1. The standard InChI is InChI=1S/C25H24F6N2O2/c1-5-9-35-23(3,4)13-16-14-33(21-15(2)7-6-8-20(16)21)22(34)32-19-11-17(24(26,27)28)10-18(12-19)25(29,30)31/h5-12,14H,13H2,1-4H3,(H,32,34). The Labute approximate surface area is 198 Å². The molecular formula is C25H24F6N2O2. The molecule has 10 heteroatoms. The molecule has 0 saturated heterocycles. The number of amides is 1. The van der Waals surface area contributed by atoms with Crippen LogP contribution >= 0.6 is 0 Å². The number of hydrogen-bond donors (Lipinski definition) is 1. The molecule has 0 aliphatic carbocycles. The van der Waals surface area contributed by atoms with Gasteiger partial charge in [0.05, 0.1) is 22.9 Å². The van der Waals surface area contributed by atoms with Gasteiger partial charge in [-0.25, -0.2) is 4.79 Å². The monoisotopic (exact) mass is 498 g/mol. The average molecular weight is 498 g/mol. The van der Waals surface area contributed by atoms with Gasteiger partial charge in [0.2, 0.25) is 0 Å². The Morgan fingerprint density at radius 1 is 1.03 bits per heavy atom. The molecule has 0 unspecified atom stereocenters. The first-order valence-electron chi connectivity index (χ1n) is 10.6. The molecular weight excluding hydrogens is 474 g/mol. The highest BCUT2D eigenvalue weighted by Crippen LogP contribution is 2.38. The van der Waals surface area contributed by atoms with Crippen molar-refractivity contribution in [3.05, 3.63) is 77.2 Å². The number of nitrogens with one attached hydrogen (secondary N) is 1. The molecule has 1 heterocycles. The summed E-state index contributed by atoms with van der Waals surface area (Å²) in [5, 5.41) is 2.91. The highest BCUT2D eigenvalue weighted by atomic mass is 19.4. The summed E-state index contributed by atoms with van der Waals surface area (Å²) in [6, 6.07) is 5.40. The minimum atomic E-state index is -5.02. The molecule has 0 fully saturated rings. The number of halogens is 6. The van der Waals surface area contributed by atoms with E-state index in [-0.39, 0.29) is 6.07 Å². The van der Waals surface area contributed by atoms with Gasteiger partial charge in [-0.2, -0.15) is 26.3 Å². The number of allylic oxidation sites excluding steroid dienone is 1. The molecule has 3 aromatic rings. The van der Waals surface area contributed by atoms with E-state index >= 15 is 0 Å². The van der Waals surface area contributed by atoms with Crippen LogP contribution in [0.2, 0.25) is 0 Å². The van der Waals surface area contributed by atoms with Crippen LogP contribution in [0.15, 0.2) is 54.9 Å². The van der Waals surface area contributed by atoms with Crippen LogP contribution in [0, 0.1) is 6.92 Å². The molecule has 0 bridgehead atoms. The third kappa shape index (κ3) is 5.98. The lowest BCUT2D eigenvalue weighted by molar-refractivity contribution is -0.143. The number of hydrogen-bond acceptors (Lipinski definition) is 2. The Balaban J connectivity index is 2.05. The number of fused-ring (bicyclic) bond motifs is 1. The Kier molecular flexibility index (Phi) is 6.97. The van der Waals surface area contributed by atoms with Crippen LogP contribution in [0.4, 0.5) is 36.8 Å². The van der Waals surface area contributed by atoms with Gasteiger partial charge in [0, 0.05) is 23.7 Å². The van der Waals surface area contributed by atoms with Crippen molar-refractivity contribution in [2.45, 2.75) is 52.1 Å². The number of carbonyl (C=O) groups excluding carboxylic acids is 1. The zero-order valence-corrected chi connectivity index (χ0v) is 19.4. The van der Waals surface area contributed by atoms with E-state index in [0.717, 1.165) is 10.9 Å². The zero-order chi connectivity index (χ0) is 26.2. The van der Waals surface area contributed by atoms with Gasteiger partial charge < -0.3 is 10.1 Å². The number of alkyl halides is 6. The summed E-state index contributed by atoms with van der Waals surface area (Å²) in [6.45, 7) is 7.26. The molecule has 1 amide bonds. The third-order valence-electron chi connectivity index (χ3n) is 5.31. The molecule has 1 N–H and O–H groups in total. The molecule has 188 valence electrons. The molecule has 0 spiro atoms. The topological polar surface area (TPSA) is 43.3 Å². The van der Waals surface area contributed by atoms with Gasteiger partial charge in [0.25, 0.3) is 0 Å². The van der Waals surface area contributed by atoms with E-state index in [1.165, 1.54) is 10.8 Å². The number of rotatable bonds is 5. The number of aromatic nitrogens is 1. The van der Waals surface area contributed by atoms with Gasteiger partial charge in [0.1, 0.15) is 5.60 Å². The minimum Gasteiger partial charge on any atom is -0.495 e. The predicted molar refractivity (Wildman–Crippen MR) is 121 cm³/mol. The van der Waals surface area contributed by atoms with Crippen molar-refractivity contribution in [2.24, 2.45) is 0 Å². The quantitative estimate of drug-likeness (QED) is 0.287. The van der Waals surface area contributed by atoms with Crippen molar-refractivity contribution in [2.75, 3.05) is 5.32 Å². The van der Waals surface area contributed by atoms with Crippen molar-refractivity contribution >= 4 is 22.6 Å². The maximum atomic E-state index is 13.2. The van der Waals surface area contributed by atoms with Crippen LogP contribution in [0.1, 0.15) is 43.0 Å². The van der Waals surface area contributed by atoms with Crippen molar-refractivity contribution in [3.63, 3.8) is 0 Å². The van der Waals surface area contributed by atoms with E-state index in [1.807, 2.05) is 13.8 Å². The number of benzene rings is 2. The molecule has 2 aromatic carbocycles. The lowest BCUT2D eigenvalue weighted by Gasteiger charge is -2.24. The van der Waals surface area contributed by atoms with Crippen LogP contribution < -0.4 is 5.32 Å². The maximum absolute atomic E-state index is 13.2. The van der Waals surface area contributed by atoms with Crippen molar-refractivity contribution < 1.29 is 35.9 Å². The lowest BCUT2D eigenvalue weighted by atomic mass is 9.97. The Hall–Kier alpha value is -3.43. The summed E-state index contributed by atoms with van der Waals surface area (Å²) in [6.07, 6.45) is -4.87. The molecule has 0 atom stereocenters. The second-order valence-electron chi connectivity index (χ2n) is 8.74. The van der Waals surface area contributed by atoms with Gasteiger partial charge >= 0.3 is 18.4 Å². The predicted octanol–water partition coefficient (Wildman–Crippen LogP) is 7.94.